The SMILES string of the molecule is CCOc1ccc(S(=O)(=O)NCCNCCc2ccc3c(c2)OCO3)c2cccnc12. The van der Waals surface area contributed by atoms with Crippen molar-refractivity contribution in [3.63, 3.8) is 0 Å². The van der Waals surface area contributed by atoms with Gasteiger partial charge in [0, 0.05) is 24.7 Å². The van der Waals surface area contributed by atoms with Crippen LogP contribution in [0.2, 0.25) is 0 Å². The van der Waals surface area contributed by atoms with Gasteiger partial charge in [-0.25, -0.2) is 13.1 Å². The topological polar surface area (TPSA) is 98.8 Å². The van der Waals surface area contributed by atoms with E-state index < -0.39 is 10.0 Å². The van der Waals surface area contributed by atoms with Crippen LogP contribution in [-0.2, 0) is 16.4 Å². The molecular formula is C22H25N3O5S. The Morgan fingerprint density at radius 1 is 1.06 bits per heavy atom. The van der Waals surface area contributed by atoms with Gasteiger partial charge in [-0.2, -0.15) is 0 Å². The zero-order chi connectivity index (χ0) is 21.7. The van der Waals surface area contributed by atoms with E-state index in [1.54, 1.807) is 30.5 Å². The molecule has 1 aliphatic heterocycles. The van der Waals surface area contributed by atoms with Crippen molar-refractivity contribution in [2.75, 3.05) is 33.0 Å². The Hall–Kier alpha value is -2.88. The minimum atomic E-state index is -3.68. The summed E-state index contributed by atoms with van der Waals surface area (Å²) in [5.74, 6) is 2.10. The molecular weight excluding hydrogens is 418 g/mol. The first-order valence-corrected chi connectivity index (χ1v) is 11.7. The number of nitrogens with zero attached hydrogens (tertiary/aromatic N) is 1. The van der Waals surface area contributed by atoms with Crippen molar-refractivity contribution in [3.05, 3.63) is 54.2 Å². The molecule has 2 heterocycles. The number of benzene rings is 2. The first-order valence-electron chi connectivity index (χ1n) is 10.2. The van der Waals surface area contributed by atoms with Crippen LogP contribution in [0.3, 0.4) is 0 Å². The van der Waals surface area contributed by atoms with Gasteiger partial charge in [-0.1, -0.05) is 6.07 Å². The summed E-state index contributed by atoms with van der Waals surface area (Å²) < 4.78 is 44.6. The Morgan fingerprint density at radius 3 is 2.81 bits per heavy atom. The van der Waals surface area contributed by atoms with Crippen LogP contribution in [0.25, 0.3) is 10.9 Å². The summed E-state index contributed by atoms with van der Waals surface area (Å²) in [6.07, 6.45) is 2.43. The molecule has 4 rings (SSSR count). The highest BCUT2D eigenvalue weighted by atomic mass is 32.2. The van der Waals surface area contributed by atoms with E-state index in [0.717, 1.165) is 30.0 Å². The fourth-order valence-corrected chi connectivity index (χ4v) is 4.66. The molecule has 2 N–H and O–H groups in total. The lowest BCUT2D eigenvalue weighted by Crippen LogP contribution is -2.32. The lowest BCUT2D eigenvalue weighted by atomic mass is 10.1. The molecule has 31 heavy (non-hydrogen) atoms. The van der Waals surface area contributed by atoms with Crippen molar-refractivity contribution in [3.8, 4) is 17.2 Å². The van der Waals surface area contributed by atoms with E-state index in [-0.39, 0.29) is 18.2 Å². The number of sulfonamides is 1. The summed E-state index contributed by atoms with van der Waals surface area (Å²) in [6, 6.07) is 12.5. The smallest absolute Gasteiger partial charge is 0.241 e. The van der Waals surface area contributed by atoms with Crippen molar-refractivity contribution in [2.24, 2.45) is 0 Å². The molecule has 0 atom stereocenters. The zero-order valence-electron chi connectivity index (χ0n) is 17.3. The van der Waals surface area contributed by atoms with Crippen molar-refractivity contribution < 1.29 is 22.6 Å². The highest BCUT2D eigenvalue weighted by Crippen LogP contribution is 2.32. The number of nitrogens with one attached hydrogen (secondary N) is 2. The number of hydrogen-bond donors (Lipinski definition) is 2. The third-order valence-electron chi connectivity index (χ3n) is 4.90. The second kappa shape index (κ2) is 9.51. The van der Waals surface area contributed by atoms with Gasteiger partial charge in [0.25, 0.3) is 0 Å². The Kier molecular flexibility index (Phi) is 6.55. The van der Waals surface area contributed by atoms with Crippen LogP contribution in [0.15, 0.2) is 53.6 Å². The van der Waals surface area contributed by atoms with Crippen molar-refractivity contribution in [1.82, 2.24) is 15.0 Å². The average Bonchev–Trinajstić information content (AvgIpc) is 3.24. The quantitative estimate of drug-likeness (QED) is 0.465. The minimum absolute atomic E-state index is 0.194. The Bertz CT molecular complexity index is 1170. The van der Waals surface area contributed by atoms with Gasteiger partial charge < -0.3 is 19.5 Å². The Balaban J connectivity index is 1.31. The lowest BCUT2D eigenvalue weighted by molar-refractivity contribution is 0.174. The van der Waals surface area contributed by atoms with E-state index >= 15 is 0 Å². The van der Waals surface area contributed by atoms with Gasteiger partial charge in [0.2, 0.25) is 16.8 Å². The lowest BCUT2D eigenvalue weighted by Gasteiger charge is -2.12. The van der Waals surface area contributed by atoms with E-state index in [0.29, 0.717) is 29.8 Å². The molecule has 164 valence electrons. The molecule has 0 saturated heterocycles. The molecule has 3 aromatic rings. The molecule has 0 spiro atoms. The first-order chi connectivity index (χ1) is 15.1. The molecule has 9 heteroatoms. The Labute approximate surface area is 181 Å². The largest absolute Gasteiger partial charge is 0.492 e. The predicted octanol–water partition coefficient (Wildman–Crippen LogP) is 2.47. The van der Waals surface area contributed by atoms with Crippen molar-refractivity contribution in [2.45, 2.75) is 18.2 Å². The predicted molar refractivity (Wildman–Crippen MR) is 117 cm³/mol. The number of fused-ring (bicyclic) bond motifs is 2. The second-order valence-corrected chi connectivity index (χ2v) is 8.72. The normalized spacial score (nSPS) is 12.9. The minimum Gasteiger partial charge on any atom is -0.492 e. The summed E-state index contributed by atoms with van der Waals surface area (Å²) in [5.41, 5.74) is 1.67. The standard InChI is InChI=1S/C22H25N3O5S/c1-2-28-19-7-8-21(17-4-3-10-24-22(17)19)31(26,27)25-13-12-23-11-9-16-5-6-18-20(14-16)30-15-29-18/h3-8,10,14,23,25H,2,9,11-13,15H2,1H3. The first kappa shape index (κ1) is 21.4. The molecule has 0 radical (unpaired) electrons. The van der Waals surface area contributed by atoms with E-state index in [4.69, 9.17) is 14.2 Å². The van der Waals surface area contributed by atoms with E-state index in [1.165, 1.54) is 0 Å². The van der Waals surface area contributed by atoms with Gasteiger partial charge in [0.05, 0.1) is 11.5 Å². The maximum absolute atomic E-state index is 12.8. The fraction of sp³-hybridized carbons (Fsp3) is 0.318. The molecule has 0 amide bonds. The number of aromatic nitrogens is 1. The van der Waals surface area contributed by atoms with Gasteiger partial charge in [-0.3, -0.25) is 4.98 Å². The number of ether oxygens (including phenoxy) is 3. The van der Waals surface area contributed by atoms with Crippen molar-refractivity contribution >= 4 is 20.9 Å². The molecule has 0 saturated carbocycles. The van der Waals surface area contributed by atoms with Crippen LogP contribution in [0, 0.1) is 0 Å². The van der Waals surface area contributed by atoms with Crippen LogP contribution >= 0.6 is 0 Å². The van der Waals surface area contributed by atoms with Crippen molar-refractivity contribution in [1.29, 1.82) is 0 Å². The van der Waals surface area contributed by atoms with Crippen LogP contribution in [0.1, 0.15) is 12.5 Å². The van der Waals surface area contributed by atoms with Gasteiger partial charge in [0.1, 0.15) is 11.3 Å². The summed E-state index contributed by atoms with van der Waals surface area (Å²) in [7, 11) is -3.68. The molecule has 1 aliphatic rings. The molecule has 0 fully saturated rings. The fourth-order valence-electron chi connectivity index (χ4n) is 3.43. The maximum atomic E-state index is 12.8. The van der Waals surface area contributed by atoms with E-state index in [9.17, 15) is 8.42 Å². The third kappa shape index (κ3) is 4.90. The molecule has 1 aromatic heterocycles. The summed E-state index contributed by atoms with van der Waals surface area (Å²) >= 11 is 0. The van der Waals surface area contributed by atoms with Gasteiger partial charge in [-0.05, 0) is 61.9 Å². The summed E-state index contributed by atoms with van der Waals surface area (Å²) in [4.78, 5) is 4.49. The summed E-state index contributed by atoms with van der Waals surface area (Å²) in [6.45, 7) is 4.12. The van der Waals surface area contributed by atoms with Crippen LogP contribution in [0.4, 0.5) is 0 Å². The number of hydrogen-bond acceptors (Lipinski definition) is 7. The Morgan fingerprint density at radius 2 is 1.94 bits per heavy atom. The van der Waals surface area contributed by atoms with Crippen LogP contribution in [0.5, 0.6) is 17.2 Å². The number of pyridine rings is 1. The maximum Gasteiger partial charge on any atom is 0.241 e. The zero-order valence-corrected chi connectivity index (χ0v) is 18.1. The molecule has 8 nitrogen and oxygen atoms in total. The third-order valence-corrected chi connectivity index (χ3v) is 6.42. The van der Waals surface area contributed by atoms with Gasteiger partial charge in [0.15, 0.2) is 11.5 Å². The highest BCUT2D eigenvalue weighted by molar-refractivity contribution is 7.89. The molecule has 2 aromatic carbocycles. The van der Waals surface area contributed by atoms with Crippen LogP contribution < -0.4 is 24.2 Å². The van der Waals surface area contributed by atoms with Crippen LogP contribution in [-0.4, -0.2) is 46.4 Å². The monoisotopic (exact) mass is 443 g/mol. The van der Waals surface area contributed by atoms with E-state index in [2.05, 4.69) is 15.0 Å². The molecule has 0 aliphatic carbocycles. The van der Waals surface area contributed by atoms with Gasteiger partial charge >= 0.3 is 0 Å². The average molecular weight is 444 g/mol. The molecule has 0 unspecified atom stereocenters. The summed E-state index contributed by atoms with van der Waals surface area (Å²) in [5, 5.41) is 3.80. The highest BCUT2D eigenvalue weighted by Gasteiger charge is 2.19. The number of rotatable bonds is 10. The van der Waals surface area contributed by atoms with Gasteiger partial charge in [-0.15, -0.1) is 0 Å². The second-order valence-electron chi connectivity index (χ2n) is 6.98. The van der Waals surface area contributed by atoms with E-state index in [1.807, 2.05) is 25.1 Å². The molecule has 0 bridgehead atoms.